The van der Waals surface area contributed by atoms with Crippen LogP contribution >= 0.6 is 27.5 Å². The van der Waals surface area contributed by atoms with Crippen molar-refractivity contribution in [3.8, 4) is 11.5 Å². The fraction of sp³-hybridized carbons (Fsp3) is 0.333. The van der Waals surface area contributed by atoms with Crippen molar-refractivity contribution in [3.05, 3.63) is 81.8 Å². The number of halogens is 2. The lowest BCUT2D eigenvalue weighted by atomic mass is 10.1. The Morgan fingerprint density at radius 2 is 1.62 bits per heavy atom. The Hall–Kier alpha value is -3.28. The van der Waals surface area contributed by atoms with Gasteiger partial charge in [-0.05, 0) is 67.4 Å². The van der Waals surface area contributed by atoms with Gasteiger partial charge >= 0.3 is 0 Å². The third kappa shape index (κ3) is 8.39. The van der Waals surface area contributed by atoms with Crippen molar-refractivity contribution < 1.29 is 27.5 Å². The zero-order valence-electron chi connectivity index (χ0n) is 24.0. The van der Waals surface area contributed by atoms with E-state index < -0.39 is 28.5 Å². The van der Waals surface area contributed by atoms with Gasteiger partial charge in [0, 0.05) is 28.7 Å². The van der Waals surface area contributed by atoms with Crippen LogP contribution in [0.3, 0.4) is 0 Å². The molecule has 0 aromatic heterocycles. The number of carbonyl (C=O) groups is 2. The number of sulfonamides is 1. The molecule has 0 heterocycles. The second-order valence-corrected chi connectivity index (χ2v) is 12.7. The van der Waals surface area contributed by atoms with E-state index in [0.29, 0.717) is 17.3 Å². The Bertz CT molecular complexity index is 1470. The molecule has 12 heteroatoms. The van der Waals surface area contributed by atoms with Crippen LogP contribution in [0.1, 0.15) is 32.3 Å². The van der Waals surface area contributed by atoms with E-state index in [-0.39, 0.29) is 28.8 Å². The number of amides is 2. The minimum Gasteiger partial charge on any atom is -0.493 e. The summed E-state index contributed by atoms with van der Waals surface area (Å²) in [7, 11) is -1.44. The van der Waals surface area contributed by atoms with Crippen LogP contribution in [0.5, 0.6) is 11.5 Å². The number of anilines is 1. The first-order valence-corrected chi connectivity index (χ1v) is 15.9. The van der Waals surface area contributed by atoms with Crippen molar-refractivity contribution in [1.82, 2.24) is 10.2 Å². The molecule has 0 aliphatic heterocycles. The molecular weight excluding hydrogens is 646 g/mol. The Kier molecular flexibility index (Phi) is 12.1. The summed E-state index contributed by atoms with van der Waals surface area (Å²) in [5, 5.41) is 3.28. The SMILES string of the molecule is CCCCNC(=O)[C@H](C)N(Cc1ccc(Br)cc1)C(=O)CN(c1ccc(Cl)cc1)S(=O)(=O)c1ccc(OC)c(OC)c1. The second-order valence-electron chi connectivity index (χ2n) is 9.47. The van der Waals surface area contributed by atoms with Crippen LogP contribution < -0.4 is 19.1 Å². The molecule has 2 amide bonds. The normalized spacial score (nSPS) is 11.9. The largest absolute Gasteiger partial charge is 0.493 e. The second kappa shape index (κ2) is 15.3. The Morgan fingerprint density at radius 1 is 0.976 bits per heavy atom. The minimum atomic E-state index is -4.29. The molecule has 0 bridgehead atoms. The molecule has 3 aromatic rings. The quantitative estimate of drug-likeness (QED) is 0.221. The molecule has 0 aliphatic carbocycles. The van der Waals surface area contributed by atoms with Gasteiger partial charge in [0.05, 0.1) is 24.8 Å². The molecule has 0 saturated heterocycles. The topological polar surface area (TPSA) is 105 Å². The number of rotatable bonds is 14. The highest BCUT2D eigenvalue weighted by atomic mass is 79.9. The molecule has 0 aliphatic rings. The van der Waals surface area contributed by atoms with E-state index in [1.807, 2.05) is 31.2 Å². The van der Waals surface area contributed by atoms with Gasteiger partial charge in [0.15, 0.2) is 11.5 Å². The van der Waals surface area contributed by atoms with Crippen molar-refractivity contribution in [2.24, 2.45) is 0 Å². The summed E-state index contributed by atoms with van der Waals surface area (Å²) < 4.78 is 40.6. The molecule has 0 saturated carbocycles. The molecule has 42 heavy (non-hydrogen) atoms. The first-order chi connectivity index (χ1) is 20.0. The number of nitrogens with zero attached hydrogens (tertiary/aromatic N) is 2. The van der Waals surface area contributed by atoms with Crippen LogP contribution in [0, 0.1) is 0 Å². The summed E-state index contributed by atoms with van der Waals surface area (Å²) in [6.45, 7) is 3.65. The summed E-state index contributed by atoms with van der Waals surface area (Å²) in [6, 6.07) is 16.8. The van der Waals surface area contributed by atoms with E-state index in [2.05, 4.69) is 21.2 Å². The van der Waals surface area contributed by atoms with E-state index >= 15 is 0 Å². The number of methoxy groups -OCH3 is 2. The number of hydrogen-bond donors (Lipinski definition) is 1. The molecule has 1 atom stereocenters. The highest BCUT2D eigenvalue weighted by Gasteiger charge is 2.33. The lowest BCUT2D eigenvalue weighted by Gasteiger charge is -2.32. The summed E-state index contributed by atoms with van der Waals surface area (Å²) in [6.07, 6.45) is 1.70. The van der Waals surface area contributed by atoms with Gasteiger partial charge in [-0.15, -0.1) is 0 Å². The Labute approximate surface area is 260 Å². The van der Waals surface area contributed by atoms with Crippen LogP contribution in [0.2, 0.25) is 5.02 Å². The van der Waals surface area contributed by atoms with E-state index in [9.17, 15) is 18.0 Å². The van der Waals surface area contributed by atoms with Gasteiger partial charge in [0.2, 0.25) is 11.8 Å². The first-order valence-electron chi connectivity index (χ1n) is 13.3. The standard InChI is InChI=1S/C30H35BrClN3O6S/c1-5-6-17-33-30(37)21(2)34(19-22-7-9-23(31)10-8-22)29(36)20-35(25-13-11-24(32)12-14-25)42(38,39)26-15-16-27(40-3)28(18-26)41-4/h7-16,18,21H,5-6,17,19-20H2,1-4H3,(H,33,37)/t21-/m0/s1. The highest BCUT2D eigenvalue weighted by molar-refractivity contribution is 9.10. The number of ether oxygens (including phenoxy) is 2. The third-order valence-electron chi connectivity index (χ3n) is 6.60. The number of unbranched alkanes of at least 4 members (excludes halogenated alkanes) is 1. The van der Waals surface area contributed by atoms with Gasteiger partial charge in [-0.1, -0.05) is 53.0 Å². The monoisotopic (exact) mass is 679 g/mol. The van der Waals surface area contributed by atoms with Crippen LogP contribution in [0.15, 0.2) is 76.1 Å². The van der Waals surface area contributed by atoms with Crippen LogP contribution in [0.25, 0.3) is 0 Å². The Morgan fingerprint density at radius 3 is 2.21 bits per heavy atom. The smallest absolute Gasteiger partial charge is 0.264 e. The van der Waals surface area contributed by atoms with Gasteiger partial charge < -0.3 is 19.7 Å². The number of benzene rings is 3. The fourth-order valence-electron chi connectivity index (χ4n) is 4.15. The van der Waals surface area contributed by atoms with Crippen molar-refractivity contribution >= 4 is 55.1 Å². The summed E-state index contributed by atoms with van der Waals surface area (Å²) >= 11 is 9.50. The van der Waals surface area contributed by atoms with Gasteiger partial charge in [0.1, 0.15) is 12.6 Å². The molecular formula is C30H35BrClN3O6S. The predicted octanol–water partition coefficient (Wildman–Crippen LogP) is 5.65. The van der Waals surface area contributed by atoms with Crippen molar-refractivity contribution in [3.63, 3.8) is 0 Å². The van der Waals surface area contributed by atoms with Gasteiger partial charge in [-0.2, -0.15) is 0 Å². The molecule has 226 valence electrons. The molecule has 1 N–H and O–H groups in total. The lowest BCUT2D eigenvalue weighted by molar-refractivity contribution is -0.139. The fourth-order valence-corrected chi connectivity index (χ4v) is 5.97. The maximum Gasteiger partial charge on any atom is 0.264 e. The van der Waals surface area contributed by atoms with E-state index in [1.165, 1.54) is 49.5 Å². The Balaban J connectivity index is 2.03. The molecule has 0 spiro atoms. The molecule has 3 rings (SSSR count). The van der Waals surface area contributed by atoms with E-state index in [4.69, 9.17) is 21.1 Å². The van der Waals surface area contributed by atoms with Gasteiger partial charge in [0.25, 0.3) is 10.0 Å². The van der Waals surface area contributed by atoms with Gasteiger partial charge in [-0.3, -0.25) is 13.9 Å². The predicted molar refractivity (Wildman–Crippen MR) is 168 cm³/mol. The highest BCUT2D eigenvalue weighted by Crippen LogP contribution is 2.32. The van der Waals surface area contributed by atoms with Crippen LogP contribution in [0.4, 0.5) is 5.69 Å². The van der Waals surface area contributed by atoms with Crippen molar-refractivity contribution in [2.45, 2.75) is 44.2 Å². The zero-order valence-corrected chi connectivity index (χ0v) is 27.1. The van der Waals surface area contributed by atoms with Crippen LogP contribution in [-0.2, 0) is 26.2 Å². The zero-order chi connectivity index (χ0) is 30.9. The molecule has 0 fully saturated rings. The number of nitrogens with one attached hydrogen (secondary N) is 1. The molecule has 0 radical (unpaired) electrons. The minimum absolute atomic E-state index is 0.0966. The van der Waals surface area contributed by atoms with Gasteiger partial charge in [-0.25, -0.2) is 8.42 Å². The molecule has 0 unspecified atom stereocenters. The maximum absolute atomic E-state index is 14.1. The molecule has 9 nitrogen and oxygen atoms in total. The van der Waals surface area contributed by atoms with E-state index in [0.717, 1.165) is 27.2 Å². The third-order valence-corrected chi connectivity index (χ3v) is 9.15. The first kappa shape index (κ1) is 33.2. The van der Waals surface area contributed by atoms with Crippen LogP contribution in [-0.4, -0.2) is 58.5 Å². The summed E-state index contributed by atoms with van der Waals surface area (Å²) in [5.74, 6) is -0.311. The average Bonchev–Trinajstić information content (AvgIpc) is 2.99. The summed E-state index contributed by atoms with van der Waals surface area (Å²) in [4.78, 5) is 28.4. The number of hydrogen-bond acceptors (Lipinski definition) is 6. The number of carbonyl (C=O) groups excluding carboxylic acids is 2. The maximum atomic E-state index is 14.1. The van der Waals surface area contributed by atoms with Crippen molar-refractivity contribution in [1.29, 1.82) is 0 Å². The van der Waals surface area contributed by atoms with E-state index in [1.54, 1.807) is 19.1 Å². The lowest BCUT2D eigenvalue weighted by Crippen LogP contribution is -2.51. The average molecular weight is 681 g/mol. The summed E-state index contributed by atoms with van der Waals surface area (Å²) in [5.41, 5.74) is 1.01. The molecule has 3 aromatic carbocycles. The van der Waals surface area contributed by atoms with Crippen molar-refractivity contribution in [2.75, 3.05) is 31.6 Å².